The van der Waals surface area contributed by atoms with Gasteiger partial charge in [0.15, 0.2) is 0 Å². The minimum atomic E-state index is -0.510. The monoisotopic (exact) mass is 321 g/mol. The summed E-state index contributed by atoms with van der Waals surface area (Å²) in [7, 11) is 0. The molecular weight excluding hydrogens is 310 g/mol. The first-order valence-corrected chi connectivity index (χ1v) is 7.48. The fourth-order valence-electron chi connectivity index (χ4n) is 2.08. The summed E-state index contributed by atoms with van der Waals surface area (Å²) in [6.07, 6.45) is 0.171. The van der Waals surface area contributed by atoms with Crippen LogP contribution in [0.5, 0.6) is 0 Å². The Morgan fingerprint density at radius 1 is 1.57 bits per heavy atom. The molecule has 1 aliphatic heterocycles. The molecule has 1 heterocycles. The average Bonchev–Trinajstić information content (AvgIpc) is 2.44. The zero-order valence-electron chi connectivity index (χ0n) is 10.9. The normalized spacial score (nSPS) is 18.1. The Morgan fingerprint density at radius 2 is 2.33 bits per heavy atom. The predicted molar refractivity (Wildman–Crippen MR) is 81.2 cm³/mol. The summed E-state index contributed by atoms with van der Waals surface area (Å²) in [4.78, 5) is 22.7. The molecule has 2 rings (SSSR count). The molecule has 1 unspecified atom stereocenters. The molecule has 1 atom stereocenters. The Hall–Kier alpha value is -1.97. The Morgan fingerprint density at radius 3 is 2.95 bits per heavy atom. The third-order valence-corrected chi connectivity index (χ3v) is 4.24. The Labute approximate surface area is 131 Å². The second-order valence-electron chi connectivity index (χ2n) is 4.47. The predicted octanol–water partition coefficient (Wildman–Crippen LogP) is 1.90. The number of carbonyl (C=O) groups excluding carboxylic acids is 2. The van der Waals surface area contributed by atoms with E-state index in [1.807, 2.05) is 6.07 Å². The first kappa shape index (κ1) is 15.4. The van der Waals surface area contributed by atoms with Gasteiger partial charge in [0.05, 0.1) is 22.4 Å². The highest BCUT2D eigenvalue weighted by Crippen LogP contribution is 2.36. The van der Waals surface area contributed by atoms with Crippen LogP contribution in [0.4, 0.5) is 0 Å². The zero-order chi connectivity index (χ0) is 15.4. The number of nitrogens with two attached hydrogens (primary N) is 1. The van der Waals surface area contributed by atoms with Gasteiger partial charge in [0.2, 0.25) is 11.8 Å². The summed E-state index contributed by atoms with van der Waals surface area (Å²) < 4.78 is 0. The second kappa shape index (κ2) is 6.66. The quantitative estimate of drug-likeness (QED) is 0.885. The van der Waals surface area contributed by atoms with E-state index in [0.29, 0.717) is 15.6 Å². The Balaban J connectivity index is 2.39. The van der Waals surface area contributed by atoms with Crippen LogP contribution >= 0.6 is 23.4 Å². The highest BCUT2D eigenvalue weighted by atomic mass is 35.5. The molecule has 2 amide bonds. The number of nitrogens with one attached hydrogen (secondary N) is 1. The first-order chi connectivity index (χ1) is 10.0. The van der Waals surface area contributed by atoms with Crippen LogP contribution in [-0.4, -0.2) is 17.6 Å². The van der Waals surface area contributed by atoms with Crippen LogP contribution in [0, 0.1) is 11.3 Å². The number of halogens is 1. The number of amides is 2. The molecule has 0 fully saturated rings. The van der Waals surface area contributed by atoms with Crippen molar-refractivity contribution in [3.8, 4) is 6.07 Å². The SMILES string of the molecule is N#CC1=C(SCC(N)=O)NC(=O)CC1c1cccc(Cl)c1. The minimum Gasteiger partial charge on any atom is -0.369 e. The van der Waals surface area contributed by atoms with Crippen LogP contribution in [0.25, 0.3) is 0 Å². The van der Waals surface area contributed by atoms with Crippen molar-refractivity contribution in [1.29, 1.82) is 5.26 Å². The van der Waals surface area contributed by atoms with Crippen molar-refractivity contribution in [3.63, 3.8) is 0 Å². The van der Waals surface area contributed by atoms with Crippen LogP contribution in [0.15, 0.2) is 34.9 Å². The number of carbonyl (C=O) groups is 2. The third-order valence-electron chi connectivity index (χ3n) is 2.97. The van der Waals surface area contributed by atoms with Crippen LogP contribution < -0.4 is 11.1 Å². The van der Waals surface area contributed by atoms with E-state index in [0.717, 1.165) is 17.3 Å². The van der Waals surface area contributed by atoms with Crippen molar-refractivity contribution < 1.29 is 9.59 Å². The Kier molecular flexibility index (Phi) is 4.89. The third kappa shape index (κ3) is 3.78. The molecule has 1 aromatic rings. The van der Waals surface area contributed by atoms with Gasteiger partial charge in [0.25, 0.3) is 0 Å². The Bertz CT molecular complexity index is 666. The van der Waals surface area contributed by atoms with Crippen molar-refractivity contribution in [2.24, 2.45) is 5.73 Å². The lowest BCUT2D eigenvalue weighted by molar-refractivity contribution is -0.121. The van der Waals surface area contributed by atoms with Crippen LogP contribution in [0.3, 0.4) is 0 Å². The maximum absolute atomic E-state index is 11.8. The average molecular weight is 322 g/mol. The molecule has 0 bridgehead atoms. The van der Waals surface area contributed by atoms with E-state index in [2.05, 4.69) is 11.4 Å². The van der Waals surface area contributed by atoms with Crippen LogP contribution in [0.1, 0.15) is 17.9 Å². The molecule has 3 N–H and O–H groups in total. The van der Waals surface area contributed by atoms with Gasteiger partial charge in [0.1, 0.15) is 0 Å². The van der Waals surface area contributed by atoms with Gasteiger partial charge < -0.3 is 11.1 Å². The van der Waals surface area contributed by atoms with Crippen molar-refractivity contribution in [2.45, 2.75) is 12.3 Å². The molecule has 108 valence electrons. The molecule has 0 saturated carbocycles. The number of allylic oxidation sites excluding steroid dienone is 1. The van der Waals surface area contributed by atoms with Crippen LogP contribution in [-0.2, 0) is 9.59 Å². The van der Waals surface area contributed by atoms with Crippen molar-refractivity contribution in [3.05, 3.63) is 45.5 Å². The van der Waals surface area contributed by atoms with Gasteiger partial charge in [-0.2, -0.15) is 5.26 Å². The number of rotatable bonds is 4. The topological polar surface area (TPSA) is 96.0 Å². The zero-order valence-corrected chi connectivity index (χ0v) is 12.5. The summed E-state index contributed by atoms with van der Waals surface area (Å²) in [6.45, 7) is 0. The van der Waals surface area contributed by atoms with Gasteiger partial charge in [0, 0.05) is 17.4 Å². The number of hydrogen-bond acceptors (Lipinski definition) is 4. The number of hydrogen-bond donors (Lipinski definition) is 2. The second-order valence-corrected chi connectivity index (χ2v) is 5.89. The summed E-state index contributed by atoms with van der Waals surface area (Å²) >= 11 is 7.03. The molecule has 0 aromatic heterocycles. The van der Waals surface area contributed by atoms with Crippen molar-refractivity contribution >= 4 is 35.2 Å². The summed E-state index contributed by atoms with van der Waals surface area (Å²) in [6, 6.07) is 9.17. The number of nitrogens with zero attached hydrogens (tertiary/aromatic N) is 1. The van der Waals surface area contributed by atoms with Gasteiger partial charge in [-0.1, -0.05) is 35.5 Å². The molecule has 0 aliphatic carbocycles. The number of nitriles is 1. The largest absolute Gasteiger partial charge is 0.369 e. The minimum absolute atomic E-state index is 0.00303. The van der Waals surface area contributed by atoms with E-state index >= 15 is 0 Å². The smallest absolute Gasteiger partial charge is 0.227 e. The highest BCUT2D eigenvalue weighted by Gasteiger charge is 2.29. The van der Waals surface area contributed by atoms with Gasteiger partial charge in [-0.3, -0.25) is 9.59 Å². The van der Waals surface area contributed by atoms with E-state index in [1.54, 1.807) is 18.2 Å². The maximum atomic E-state index is 11.8. The lowest BCUT2D eigenvalue weighted by atomic mass is 9.87. The molecule has 0 radical (unpaired) electrons. The maximum Gasteiger partial charge on any atom is 0.227 e. The van der Waals surface area contributed by atoms with Gasteiger partial charge in [-0.25, -0.2) is 0 Å². The van der Waals surface area contributed by atoms with E-state index in [4.69, 9.17) is 17.3 Å². The summed E-state index contributed by atoms with van der Waals surface area (Å²) in [5.41, 5.74) is 6.32. The number of primary amides is 1. The van der Waals surface area contributed by atoms with Gasteiger partial charge in [-0.05, 0) is 17.7 Å². The van der Waals surface area contributed by atoms with Gasteiger partial charge in [-0.15, -0.1) is 0 Å². The van der Waals surface area contributed by atoms with Crippen molar-refractivity contribution in [1.82, 2.24) is 5.32 Å². The molecule has 0 saturated heterocycles. The van der Waals surface area contributed by atoms with Crippen LogP contribution in [0.2, 0.25) is 5.02 Å². The van der Waals surface area contributed by atoms with E-state index in [-0.39, 0.29) is 24.0 Å². The standard InChI is InChI=1S/C14H12ClN3O2S/c15-9-3-1-2-8(4-9)10-5-13(20)18-14(11(10)6-16)21-7-12(17)19/h1-4,10H,5,7H2,(H2,17,19)(H,18,20). The molecule has 0 spiro atoms. The first-order valence-electron chi connectivity index (χ1n) is 6.12. The van der Waals surface area contributed by atoms with Crippen molar-refractivity contribution in [2.75, 3.05) is 5.75 Å². The van der Waals surface area contributed by atoms with E-state index < -0.39 is 5.91 Å². The number of benzene rings is 1. The fraction of sp³-hybridized carbons (Fsp3) is 0.214. The highest BCUT2D eigenvalue weighted by molar-refractivity contribution is 8.03. The summed E-state index contributed by atoms with van der Waals surface area (Å²) in [5, 5.41) is 13.0. The van der Waals surface area contributed by atoms with E-state index in [9.17, 15) is 14.9 Å². The number of thioether (sulfide) groups is 1. The lowest BCUT2D eigenvalue weighted by Crippen LogP contribution is -2.31. The lowest BCUT2D eigenvalue weighted by Gasteiger charge is -2.25. The molecular formula is C14H12ClN3O2S. The van der Waals surface area contributed by atoms with E-state index in [1.165, 1.54) is 0 Å². The molecule has 21 heavy (non-hydrogen) atoms. The van der Waals surface area contributed by atoms with Gasteiger partial charge >= 0.3 is 0 Å². The summed E-state index contributed by atoms with van der Waals surface area (Å²) in [5.74, 6) is -1.07. The molecule has 5 nitrogen and oxygen atoms in total. The molecule has 1 aromatic carbocycles. The fourth-order valence-corrected chi connectivity index (χ4v) is 3.10. The molecule has 1 aliphatic rings. The molecule has 7 heteroatoms.